The molecular weight excluding hydrogens is 437 g/mol. The number of hydrogen-bond acceptors (Lipinski definition) is 3. The van der Waals surface area contributed by atoms with Gasteiger partial charge in [-0.05, 0) is 91.6 Å². The van der Waals surface area contributed by atoms with Crippen molar-refractivity contribution in [2.45, 2.75) is 84.0 Å². The van der Waals surface area contributed by atoms with E-state index in [1.54, 1.807) is 12.1 Å². The Morgan fingerprint density at radius 3 is 2.41 bits per heavy atom. The van der Waals surface area contributed by atoms with Crippen molar-refractivity contribution in [3.8, 4) is 0 Å². The molecule has 2 aromatic carbocycles. The lowest BCUT2D eigenvalue weighted by atomic mass is 9.81. The molecule has 2 aliphatic rings. The van der Waals surface area contributed by atoms with Gasteiger partial charge in [-0.3, -0.25) is 4.90 Å². The molecular formula is C28H35F3N2O. The van der Waals surface area contributed by atoms with Gasteiger partial charge in [-0.15, -0.1) is 0 Å². The number of aryl methyl sites for hydroxylation is 1. The molecule has 3 nitrogen and oxygen atoms in total. The van der Waals surface area contributed by atoms with Crippen molar-refractivity contribution in [3.05, 3.63) is 69.8 Å². The summed E-state index contributed by atoms with van der Waals surface area (Å²) >= 11 is 0. The molecule has 1 aliphatic heterocycles. The minimum Gasteiger partial charge on any atom is -0.391 e. The average molecular weight is 473 g/mol. The first-order valence-electron chi connectivity index (χ1n) is 12.6. The fraction of sp³-hybridized carbons (Fsp3) is 0.536. The molecule has 1 saturated heterocycles. The lowest BCUT2D eigenvalue weighted by molar-refractivity contribution is -0.138. The van der Waals surface area contributed by atoms with Gasteiger partial charge in [-0.1, -0.05) is 55.6 Å². The van der Waals surface area contributed by atoms with E-state index in [-0.39, 0.29) is 12.5 Å². The van der Waals surface area contributed by atoms with Gasteiger partial charge in [0.15, 0.2) is 0 Å². The minimum absolute atomic E-state index is 0.00238. The summed E-state index contributed by atoms with van der Waals surface area (Å²) in [5, 5.41) is 4.21. The van der Waals surface area contributed by atoms with E-state index >= 15 is 0 Å². The van der Waals surface area contributed by atoms with Crippen LogP contribution in [0.5, 0.6) is 0 Å². The molecule has 1 heterocycles. The zero-order chi connectivity index (χ0) is 24.1. The topological polar surface area (TPSA) is 24.8 Å². The third-order valence-corrected chi connectivity index (χ3v) is 7.25. The van der Waals surface area contributed by atoms with E-state index < -0.39 is 11.7 Å². The smallest absolute Gasteiger partial charge is 0.391 e. The van der Waals surface area contributed by atoms with Crippen molar-refractivity contribution >= 4 is 5.71 Å². The first kappa shape index (κ1) is 24.8. The Morgan fingerprint density at radius 2 is 1.76 bits per heavy atom. The second-order valence-electron chi connectivity index (χ2n) is 9.67. The molecule has 2 aromatic rings. The van der Waals surface area contributed by atoms with E-state index in [1.807, 2.05) is 6.92 Å². The summed E-state index contributed by atoms with van der Waals surface area (Å²) in [5.74, 6) is -0.00238. The van der Waals surface area contributed by atoms with E-state index in [4.69, 9.17) is 4.84 Å². The highest BCUT2D eigenvalue weighted by Gasteiger charge is 2.35. The Balaban J connectivity index is 1.44. The molecule has 0 amide bonds. The van der Waals surface area contributed by atoms with Crippen LogP contribution in [-0.2, 0) is 30.6 Å². The van der Waals surface area contributed by atoms with Gasteiger partial charge in [0.05, 0.1) is 11.3 Å². The van der Waals surface area contributed by atoms with Gasteiger partial charge in [0.2, 0.25) is 0 Å². The molecule has 0 aromatic heterocycles. The summed E-state index contributed by atoms with van der Waals surface area (Å²) in [5.41, 5.74) is 4.74. The predicted octanol–water partition coefficient (Wildman–Crippen LogP) is 7.46. The maximum Gasteiger partial charge on any atom is 0.416 e. The predicted molar refractivity (Wildman–Crippen MR) is 130 cm³/mol. The van der Waals surface area contributed by atoms with Gasteiger partial charge in [0.25, 0.3) is 0 Å². The first-order valence-corrected chi connectivity index (χ1v) is 12.6. The Kier molecular flexibility index (Phi) is 7.97. The van der Waals surface area contributed by atoms with Crippen molar-refractivity contribution in [2.75, 3.05) is 13.1 Å². The highest BCUT2D eigenvalue weighted by molar-refractivity contribution is 5.98. The summed E-state index contributed by atoms with van der Waals surface area (Å²) in [6.07, 6.45) is 2.63. The van der Waals surface area contributed by atoms with Crippen molar-refractivity contribution < 1.29 is 18.0 Å². The van der Waals surface area contributed by atoms with Crippen LogP contribution in [-0.4, -0.2) is 23.7 Å². The van der Waals surface area contributed by atoms with E-state index in [9.17, 15) is 13.2 Å². The summed E-state index contributed by atoms with van der Waals surface area (Å²) in [6, 6.07) is 11.0. The average Bonchev–Trinajstić information content (AvgIpc) is 2.81. The molecule has 4 rings (SSSR count). The fourth-order valence-corrected chi connectivity index (χ4v) is 5.08. The molecule has 0 bridgehead atoms. The number of hydrogen-bond donors (Lipinski definition) is 0. The molecule has 0 N–H and O–H groups in total. The molecule has 0 spiro atoms. The number of rotatable bonds is 8. The zero-order valence-corrected chi connectivity index (χ0v) is 20.3. The standard InChI is InChI=1S/C28H35F3N2O/c1-3-22-17-24(11-12-25(22)18-33-14-7-15-33)20(2)32-34-19-21-10-13-26(23-8-5-4-6-9-23)27(16-21)28(29,30)31/h10-13,16-17,23H,3-9,14-15,18-19H2,1-2H3. The van der Waals surface area contributed by atoms with E-state index in [2.05, 4.69) is 35.2 Å². The van der Waals surface area contributed by atoms with Gasteiger partial charge in [-0.25, -0.2) is 0 Å². The van der Waals surface area contributed by atoms with Gasteiger partial charge >= 0.3 is 6.18 Å². The summed E-state index contributed by atoms with van der Waals surface area (Å²) in [6.45, 7) is 7.34. The van der Waals surface area contributed by atoms with E-state index in [1.165, 1.54) is 23.6 Å². The van der Waals surface area contributed by atoms with Crippen molar-refractivity contribution in [3.63, 3.8) is 0 Å². The van der Waals surface area contributed by atoms with Crippen LogP contribution in [0, 0.1) is 0 Å². The molecule has 6 heteroatoms. The second-order valence-corrected chi connectivity index (χ2v) is 9.67. The largest absolute Gasteiger partial charge is 0.416 e. The fourth-order valence-electron chi connectivity index (χ4n) is 5.08. The van der Waals surface area contributed by atoms with Crippen molar-refractivity contribution in [1.29, 1.82) is 0 Å². The Labute approximate surface area is 201 Å². The summed E-state index contributed by atoms with van der Waals surface area (Å²) in [4.78, 5) is 7.93. The van der Waals surface area contributed by atoms with Crippen LogP contribution in [0.2, 0.25) is 0 Å². The maximum absolute atomic E-state index is 13.8. The SMILES string of the molecule is CCc1cc(C(C)=NOCc2ccc(C3CCCCC3)c(C(F)(F)F)c2)ccc1CN1CCC1. The molecule has 1 aliphatic carbocycles. The molecule has 2 fully saturated rings. The van der Waals surface area contributed by atoms with Crippen LogP contribution in [0.3, 0.4) is 0 Å². The maximum atomic E-state index is 13.8. The number of benzene rings is 2. The Morgan fingerprint density at radius 1 is 1.00 bits per heavy atom. The number of likely N-dealkylation sites (tertiary alicyclic amines) is 1. The van der Waals surface area contributed by atoms with Crippen LogP contribution < -0.4 is 0 Å². The van der Waals surface area contributed by atoms with Crippen molar-refractivity contribution in [2.24, 2.45) is 5.16 Å². The van der Waals surface area contributed by atoms with Crippen LogP contribution >= 0.6 is 0 Å². The highest BCUT2D eigenvalue weighted by Crippen LogP contribution is 2.41. The molecule has 0 unspecified atom stereocenters. The number of oxime groups is 1. The molecule has 0 radical (unpaired) electrons. The molecule has 184 valence electrons. The lowest BCUT2D eigenvalue weighted by Crippen LogP contribution is -2.36. The summed E-state index contributed by atoms with van der Waals surface area (Å²) in [7, 11) is 0. The number of nitrogens with zero attached hydrogens (tertiary/aromatic N) is 2. The Hall–Kier alpha value is -2.34. The normalized spacial score (nSPS) is 18.1. The van der Waals surface area contributed by atoms with Gasteiger partial charge in [-0.2, -0.15) is 13.2 Å². The van der Waals surface area contributed by atoms with Gasteiger partial charge in [0.1, 0.15) is 6.61 Å². The van der Waals surface area contributed by atoms with Crippen LogP contribution in [0.4, 0.5) is 13.2 Å². The molecule has 0 atom stereocenters. The van der Waals surface area contributed by atoms with Crippen LogP contribution in [0.25, 0.3) is 0 Å². The molecule has 34 heavy (non-hydrogen) atoms. The molecule has 1 saturated carbocycles. The highest BCUT2D eigenvalue weighted by atomic mass is 19.4. The third kappa shape index (κ3) is 6.01. The van der Waals surface area contributed by atoms with Gasteiger partial charge in [0, 0.05) is 6.54 Å². The Bertz CT molecular complexity index is 1010. The third-order valence-electron chi connectivity index (χ3n) is 7.25. The van der Waals surface area contributed by atoms with Crippen LogP contribution in [0.1, 0.15) is 91.7 Å². The number of alkyl halides is 3. The van der Waals surface area contributed by atoms with Crippen molar-refractivity contribution in [1.82, 2.24) is 4.90 Å². The summed E-state index contributed by atoms with van der Waals surface area (Å²) < 4.78 is 41.4. The second kappa shape index (κ2) is 10.9. The minimum atomic E-state index is -4.36. The van der Waals surface area contributed by atoms with Gasteiger partial charge < -0.3 is 4.84 Å². The van der Waals surface area contributed by atoms with E-state index in [0.717, 1.165) is 69.4 Å². The van der Waals surface area contributed by atoms with E-state index in [0.29, 0.717) is 11.1 Å². The quantitative estimate of drug-likeness (QED) is 0.294. The zero-order valence-electron chi connectivity index (χ0n) is 20.3. The monoisotopic (exact) mass is 472 g/mol. The first-order chi connectivity index (χ1) is 16.3. The lowest BCUT2D eigenvalue weighted by Gasteiger charge is -2.31. The number of halogens is 3. The van der Waals surface area contributed by atoms with Crippen LogP contribution in [0.15, 0.2) is 41.6 Å².